The molecule has 0 heterocycles. The summed E-state index contributed by atoms with van der Waals surface area (Å²) in [6.07, 6.45) is -10.6. The Balaban J connectivity index is 3.36. The summed E-state index contributed by atoms with van der Waals surface area (Å²) >= 11 is 0. The Morgan fingerprint density at radius 1 is 1.75 bits per heavy atom. The summed E-state index contributed by atoms with van der Waals surface area (Å²) in [4.78, 5) is 0. The number of rotatable bonds is 0. The SMILES string of the molecule is [2H]C1([2H])C=CC([2H])(O)C([2H])([2H])C1([2H])O. The summed E-state index contributed by atoms with van der Waals surface area (Å²) in [6.45, 7) is 0. The molecule has 0 radical (unpaired) electrons. The van der Waals surface area contributed by atoms with Crippen LogP contribution in [0.5, 0.6) is 0 Å². The molecule has 0 aromatic rings. The van der Waals surface area contributed by atoms with Gasteiger partial charge in [0.1, 0.15) is 0 Å². The molecule has 0 aliphatic heterocycles. The van der Waals surface area contributed by atoms with Crippen molar-refractivity contribution in [3.63, 3.8) is 0 Å². The van der Waals surface area contributed by atoms with Crippen LogP contribution in [0.3, 0.4) is 0 Å². The van der Waals surface area contributed by atoms with Gasteiger partial charge in [-0.05, 0) is 6.37 Å². The van der Waals surface area contributed by atoms with Gasteiger partial charge in [-0.1, -0.05) is 12.2 Å². The molecule has 2 nitrogen and oxygen atoms in total. The normalized spacial score (nSPS) is 79.8. The summed E-state index contributed by atoms with van der Waals surface area (Å²) in [5, 5.41) is 18.6. The predicted octanol–water partition coefficient (Wildman–Crippen LogP) is 0.0582. The van der Waals surface area contributed by atoms with Gasteiger partial charge in [-0.3, -0.25) is 0 Å². The van der Waals surface area contributed by atoms with Crippen molar-refractivity contribution in [2.24, 2.45) is 0 Å². The topological polar surface area (TPSA) is 40.5 Å². The lowest BCUT2D eigenvalue weighted by atomic mass is 10.0. The van der Waals surface area contributed by atoms with E-state index in [0.717, 1.165) is 0 Å². The first kappa shape index (κ1) is 1.82. The summed E-state index contributed by atoms with van der Waals surface area (Å²) in [5.41, 5.74) is 0. The molecule has 1 aliphatic carbocycles. The summed E-state index contributed by atoms with van der Waals surface area (Å²) in [7, 11) is 0. The van der Waals surface area contributed by atoms with Crippen LogP contribution in [-0.4, -0.2) is 22.4 Å². The fourth-order valence-corrected chi connectivity index (χ4v) is 0.399. The first-order chi connectivity index (χ1) is 5.96. The van der Waals surface area contributed by atoms with Gasteiger partial charge in [0.25, 0.3) is 0 Å². The maximum atomic E-state index is 9.35. The molecule has 2 atom stereocenters. The number of hydrogen-bond acceptors (Lipinski definition) is 2. The Hall–Kier alpha value is -0.340. The quantitative estimate of drug-likeness (QED) is 0.444. The highest BCUT2D eigenvalue weighted by atomic mass is 16.3. The van der Waals surface area contributed by atoms with Crippen molar-refractivity contribution in [3.05, 3.63) is 12.2 Å². The van der Waals surface area contributed by atoms with E-state index in [-0.39, 0.29) is 0 Å². The van der Waals surface area contributed by atoms with Crippen molar-refractivity contribution >= 4 is 0 Å². The van der Waals surface area contributed by atoms with Crippen molar-refractivity contribution < 1.29 is 18.4 Å². The lowest BCUT2D eigenvalue weighted by molar-refractivity contribution is 0.0974. The summed E-state index contributed by atoms with van der Waals surface area (Å²) in [6, 6.07) is 0. The van der Waals surface area contributed by atoms with Gasteiger partial charge >= 0.3 is 0 Å². The van der Waals surface area contributed by atoms with Gasteiger partial charge in [0.2, 0.25) is 0 Å². The van der Waals surface area contributed by atoms with Gasteiger partial charge in [0.05, 0.1) is 14.9 Å². The van der Waals surface area contributed by atoms with Crippen molar-refractivity contribution in [1.82, 2.24) is 0 Å². The minimum absolute atomic E-state index is 0.593. The minimum atomic E-state index is -3.20. The molecule has 0 amide bonds. The summed E-state index contributed by atoms with van der Waals surface area (Å²) < 4.78 is 43.0. The Morgan fingerprint density at radius 3 is 3.12 bits per heavy atom. The van der Waals surface area contributed by atoms with Crippen molar-refractivity contribution in [1.29, 1.82) is 0 Å². The molecule has 0 aromatic heterocycles. The first-order valence-corrected chi connectivity index (χ1v) is 2.11. The van der Waals surface area contributed by atoms with Crippen LogP contribution in [0.4, 0.5) is 0 Å². The van der Waals surface area contributed by atoms with E-state index in [1.54, 1.807) is 0 Å². The fraction of sp³-hybridized carbons (Fsp3) is 0.667. The van der Waals surface area contributed by atoms with Crippen LogP contribution in [-0.2, 0) is 0 Å². The standard InChI is InChI=1S/C6H10O2/c7-5-2-1-3-6(8)4-5/h1-2,5-8H,3-4H2/i3D2,4D2,5D,6D. The van der Waals surface area contributed by atoms with E-state index in [1.165, 1.54) is 0 Å². The van der Waals surface area contributed by atoms with Crippen LogP contribution >= 0.6 is 0 Å². The van der Waals surface area contributed by atoms with Gasteiger partial charge < -0.3 is 10.2 Å². The van der Waals surface area contributed by atoms with E-state index < -0.39 is 24.9 Å². The third-order valence-electron chi connectivity index (χ3n) is 0.708. The molecule has 1 aliphatic rings. The van der Waals surface area contributed by atoms with Crippen LogP contribution in [0.2, 0.25) is 0 Å². The molecule has 0 saturated carbocycles. The Morgan fingerprint density at radius 2 is 2.50 bits per heavy atom. The predicted molar refractivity (Wildman–Crippen MR) is 30.4 cm³/mol. The largest absolute Gasteiger partial charge is 0.393 e. The average molecular weight is 120 g/mol. The zero-order valence-electron chi connectivity index (χ0n) is 10.0. The maximum Gasteiger partial charge on any atom is 0.0745 e. The van der Waals surface area contributed by atoms with E-state index in [2.05, 4.69) is 0 Å². The molecule has 0 aromatic carbocycles. The van der Waals surface area contributed by atoms with Crippen molar-refractivity contribution in [2.75, 3.05) is 0 Å². The first-order valence-electron chi connectivity index (χ1n) is 5.11. The molecule has 0 fully saturated rings. The smallest absolute Gasteiger partial charge is 0.0745 e. The lowest BCUT2D eigenvalue weighted by Crippen LogP contribution is -2.18. The molecule has 2 unspecified atom stereocenters. The van der Waals surface area contributed by atoms with Gasteiger partial charge in [0, 0.05) is 11.9 Å². The number of aliphatic hydroxyl groups is 2. The van der Waals surface area contributed by atoms with Gasteiger partial charge in [0.15, 0.2) is 0 Å². The van der Waals surface area contributed by atoms with Crippen LogP contribution in [0.25, 0.3) is 0 Å². The molecule has 0 spiro atoms. The molecular formula is C6H10O2. The molecule has 2 heteroatoms. The summed E-state index contributed by atoms with van der Waals surface area (Å²) in [5.74, 6) is 0. The molecule has 1 rings (SSSR count). The second-order valence-corrected chi connectivity index (χ2v) is 1.34. The molecule has 2 N–H and O–H groups in total. The Kier molecular flexibility index (Phi) is 0.520. The minimum Gasteiger partial charge on any atom is -0.393 e. The third kappa shape index (κ3) is 1.32. The zero-order chi connectivity index (χ0) is 11.4. The average Bonchev–Trinajstić information content (AvgIpc) is 1.98. The monoisotopic (exact) mass is 120 g/mol. The molecule has 0 saturated heterocycles. The molecule has 46 valence electrons. The fourth-order valence-electron chi connectivity index (χ4n) is 0.399. The zero-order valence-corrected chi connectivity index (χ0v) is 4.05. The Bertz CT molecular complexity index is 254. The maximum absolute atomic E-state index is 9.35. The van der Waals surface area contributed by atoms with E-state index in [9.17, 15) is 10.2 Å². The van der Waals surface area contributed by atoms with Crippen molar-refractivity contribution in [3.8, 4) is 0 Å². The lowest BCUT2D eigenvalue weighted by Gasteiger charge is -2.15. The highest BCUT2D eigenvalue weighted by Crippen LogP contribution is 2.10. The van der Waals surface area contributed by atoms with Gasteiger partial charge in [-0.2, -0.15) is 0 Å². The molecule has 8 heavy (non-hydrogen) atoms. The van der Waals surface area contributed by atoms with E-state index in [4.69, 9.17) is 8.22 Å². The van der Waals surface area contributed by atoms with Crippen LogP contribution in [0, 0.1) is 0 Å². The third-order valence-corrected chi connectivity index (χ3v) is 0.708. The highest BCUT2D eigenvalue weighted by molar-refractivity contribution is 4.96. The van der Waals surface area contributed by atoms with Crippen molar-refractivity contribution in [2.45, 2.75) is 24.9 Å². The van der Waals surface area contributed by atoms with Gasteiger partial charge in [-0.15, -0.1) is 0 Å². The van der Waals surface area contributed by atoms with E-state index in [0.29, 0.717) is 12.2 Å². The second-order valence-electron chi connectivity index (χ2n) is 1.34. The van der Waals surface area contributed by atoms with E-state index >= 15 is 0 Å². The Labute approximate surface area is 56.9 Å². The van der Waals surface area contributed by atoms with Crippen LogP contribution in [0.15, 0.2) is 12.2 Å². The highest BCUT2D eigenvalue weighted by Gasteiger charge is 2.11. The second kappa shape index (κ2) is 2.29. The molecule has 0 bridgehead atoms. The number of hydrogen-bond donors (Lipinski definition) is 2. The van der Waals surface area contributed by atoms with Crippen LogP contribution in [0.1, 0.15) is 21.0 Å². The van der Waals surface area contributed by atoms with Gasteiger partial charge in [-0.25, -0.2) is 0 Å². The van der Waals surface area contributed by atoms with Crippen LogP contribution < -0.4 is 0 Å². The van der Waals surface area contributed by atoms with E-state index in [1.807, 2.05) is 0 Å². The molecular weight excluding hydrogens is 104 g/mol.